The number of amides is 1. The number of hydrogen-bond acceptors (Lipinski definition) is 4. The number of ether oxygens (including phenoxy) is 1. The van der Waals surface area contributed by atoms with Crippen molar-refractivity contribution in [3.63, 3.8) is 0 Å². The second-order valence-corrected chi connectivity index (χ2v) is 4.70. The minimum Gasteiger partial charge on any atom is -0.497 e. The lowest BCUT2D eigenvalue weighted by molar-refractivity contribution is 0.0847. The molecule has 2 unspecified atom stereocenters. The van der Waals surface area contributed by atoms with Gasteiger partial charge in [0, 0.05) is 6.20 Å². The molecule has 0 radical (unpaired) electrons. The Bertz CT molecular complexity index is 584. The first-order valence-electron chi connectivity index (χ1n) is 6.65. The van der Waals surface area contributed by atoms with E-state index >= 15 is 0 Å². The summed E-state index contributed by atoms with van der Waals surface area (Å²) in [4.78, 5) is 16.0. The van der Waals surface area contributed by atoms with Gasteiger partial charge in [0.25, 0.3) is 5.91 Å². The number of aromatic nitrogens is 1. The predicted octanol–water partition coefficient (Wildman–Crippen LogP) is 1.94. The van der Waals surface area contributed by atoms with Gasteiger partial charge in [-0.3, -0.25) is 9.78 Å². The van der Waals surface area contributed by atoms with Gasteiger partial charge in [0.05, 0.1) is 19.3 Å². The van der Waals surface area contributed by atoms with Crippen molar-refractivity contribution in [2.75, 3.05) is 7.11 Å². The molecule has 5 heteroatoms. The Balaban J connectivity index is 2.01. The maximum Gasteiger partial charge on any atom is 0.270 e. The molecule has 0 saturated heterocycles. The third kappa shape index (κ3) is 3.79. The molecule has 1 aromatic heterocycles. The third-order valence-electron chi connectivity index (χ3n) is 3.19. The first-order valence-corrected chi connectivity index (χ1v) is 6.65. The SMILES string of the molecule is COc1ccc(C(O)C(C)NC(=O)c2ccccn2)cc1. The average Bonchev–Trinajstić information content (AvgIpc) is 2.55. The lowest BCUT2D eigenvalue weighted by atomic mass is 10.0. The monoisotopic (exact) mass is 286 g/mol. The van der Waals surface area contributed by atoms with E-state index in [2.05, 4.69) is 10.3 Å². The average molecular weight is 286 g/mol. The molecule has 2 aromatic rings. The molecule has 2 atom stereocenters. The van der Waals surface area contributed by atoms with E-state index in [0.29, 0.717) is 11.3 Å². The van der Waals surface area contributed by atoms with Gasteiger partial charge in [-0.1, -0.05) is 18.2 Å². The molecule has 1 heterocycles. The van der Waals surface area contributed by atoms with Crippen LogP contribution in [-0.4, -0.2) is 29.1 Å². The molecule has 0 fully saturated rings. The highest BCUT2D eigenvalue weighted by atomic mass is 16.5. The zero-order valence-corrected chi connectivity index (χ0v) is 12.0. The molecule has 0 aliphatic rings. The third-order valence-corrected chi connectivity index (χ3v) is 3.19. The molecule has 5 nitrogen and oxygen atoms in total. The summed E-state index contributed by atoms with van der Waals surface area (Å²) in [5.74, 6) is 0.409. The van der Waals surface area contributed by atoms with Crippen molar-refractivity contribution in [1.29, 1.82) is 0 Å². The van der Waals surface area contributed by atoms with E-state index in [-0.39, 0.29) is 5.91 Å². The minimum atomic E-state index is -0.802. The lowest BCUT2D eigenvalue weighted by Crippen LogP contribution is -2.37. The fourth-order valence-corrected chi connectivity index (χ4v) is 1.95. The first kappa shape index (κ1) is 15.0. The first-order chi connectivity index (χ1) is 10.1. The van der Waals surface area contributed by atoms with Gasteiger partial charge in [-0.2, -0.15) is 0 Å². The molecule has 0 saturated carbocycles. The molecule has 0 spiro atoms. The molecule has 0 aliphatic carbocycles. The number of pyridine rings is 1. The van der Waals surface area contributed by atoms with Gasteiger partial charge in [0.1, 0.15) is 11.4 Å². The molecule has 1 aromatic carbocycles. The van der Waals surface area contributed by atoms with Crippen molar-refractivity contribution in [3.05, 3.63) is 59.9 Å². The molecule has 21 heavy (non-hydrogen) atoms. The normalized spacial score (nSPS) is 13.3. The Morgan fingerprint density at radius 2 is 1.95 bits per heavy atom. The fraction of sp³-hybridized carbons (Fsp3) is 0.250. The van der Waals surface area contributed by atoms with Crippen LogP contribution in [0.3, 0.4) is 0 Å². The predicted molar refractivity (Wildman–Crippen MR) is 79.1 cm³/mol. The van der Waals surface area contributed by atoms with Crippen LogP contribution in [0.5, 0.6) is 5.75 Å². The van der Waals surface area contributed by atoms with Crippen molar-refractivity contribution in [2.45, 2.75) is 19.1 Å². The molecule has 0 bridgehead atoms. The number of nitrogens with one attached hydrogen (secondary N) is 1. The largest absolute Gasteiger partial charge is 0.497 e. The van der Waals surface area contributed by atoms with Crippen LogP contribution in [-0.2, 0) is 0 Å². The summed E-state index contributed by atoms with van der Waals surface area (Å²) >= 11 is 0. The second kappa shape index (κ2) is 6.85. The van der Waals surface area contributed by atoms with Crippen molar-refractivity contribution < 1.29 is 14.6 Å². The number of benzene rings is 1. The van der Waals surface area contributed by atoms with Crippen LogP contribution in [0.25, 0.3) is 0 Å². The van der Waals surface area contributed by atoms with Gasteiger partial charge in [-0.15, -0.1) is 0 Å². The highest BCUT2D eigenvalue weighted by Gasteiger charge is 2.19. The highest BCUT2D eigenvalue weighted by Crippen LogP contribution is 2.20. The van der Waals surface area contributed by atoms with Crippen molar-refractivity contribution in [2.24, 2.45) is 0 Å². The van der Waals surface area contributed by atoms with Gasteiger partial charge in [0.2, 0.25) is 0 Å². The van der Waals surface area contributed by atoms with Crippen LogP contribution >= 0.6 is 0 Å². The van der Waals surface area contributed by atoms with Gasteiger partial charge in [-0.25, -0.2) is 0 Å². The van der Waals surface area contributed by atoms with Crippen molar-refractivity contribution >= 4 is 5.91 Å². The summed E-state index contributed by atoms with van der Waals surface area (Å²) < 4.78 is 5.07. The summed E-state index contributed by atoms with van der Waals surface area (Å²) in [6.45, 7) is 1.75. The summed E-state index contributed by atoms with van der Waals surface area (Å²) in [6, 6.07) is 11.8. The molecule has 0 aliphatic heterocycles. The van der Waals surface area contributed by atoms with E-state index in [1.807, 2.05) is 0 Å². The Kier molecular flexibility index (Phi) is 4.90. The number of carbonyl (C=O) groups excluding carboxylic acids is 1. The second-order valence-electron chi connectivity index (χ2n) is 4.70. The summed E-state index contributed by atoms with van der Waals surface area (Å²) in [6.07, 6.45) is 0.753. The maximum atomic E-state index is 12.0. The fourth-order valence-electron chi connectivity index (χ4n) is 1.95. The number of nitrogens with zero attached hydrogens (tertiary/aromatic N) is 1. The molecular weight excluding hydrogens is 268 g/mol. The Morgan fingerprint density at radius 1 is 1.24 bits per heavy atom. The number of aliphatic hydroxyl groups excluding tert-OH is 1. The summed E-state index contributed by atoms with van der Waals surface area (Å²) in [5.41, 5.74) is 1.04. The smallest absolute Gasteiger partial charge is 0.270 e. The standard InChI is InChI=1S/C16H18N2O3/c1-11(18-16(20)14-5-3-4-10-17-14)15(19)12-6-8-13(21-2)9-7-12/h3-11,15,19H,1-2H3,(H,18,20). The van der Waals surface area contributed by atoms with Crippen molar-refractivity contribution in [1.82, 2.24) is 10.3 Å². The zero-order chi connectivity index (χ0) is 15.2. The molecular formula is C16H18N2O3. The minimum absolute atomic E-state index is 0.310. The van der Waals surface area contributed by atoms with Crippen LogP contribution < -0.4 is 10.1 Å². The molecule has 2 rings (SSSR count). The van der Waals surface area contributed by atoms with E-state index in [0.717, 1.165) is 5.75 Å². The number of aliphatic hydroxyl groups is 1. The van der Waals surface area contributed by atoms with Crippen LogP contribution in [0.4, 0.5) is 0 Å². The number of hydrogen-bond donors (Lipinski definition) is 2. The summed E-state index contributed by atoms with van der Waals surface area (Å²) in [5, 5.41) is 13.0. The Hall–Kier alpha value is -2.40. The van der Waals surface area contributed by atoms with E-state index < -0.39 is 12.1 Å². The molecule has 2 N–H and O–H groups in total. The maximum absolute atomic E-state index is 12.0. The molecule has 1 amide bonds. The van der Waals surface area contributed by atoms with E-state index in [1.54, 1.807) is 62.7 Å². The van der Waals surface area contributed by atoms with E-state index in [1.165, 1.54) is 0 Å². The number of methoxy groups -OCH3 is 1. The topological polar surface area (TPSA) is 71.5 Å². The quantitative estimate of drug-likeness (QED) is 0.881. The van der Waals surface area contributed by atoms with Crippen LogP contribution in [0, 0.1) is 0 Å². The molecule has 110 valence electrons. The number of rotatable bonds is 5. The number of carbonyl (C=O) groups is 1. The van der Waals surface area contributed by atoms with E-state index in [9.17, 15) is 9.90 Å². The van der Waals surface area contributed by atoms with Gasteiger partial charge in [0.15, 0.2) is 0 Å². The van der Waals surface area contributed by atoms with Crippen LogP contribution in [0.15, 0.2) is 48.7 Å². The van der Waals surface area contributed by atoms with Gasteiger partial charge >= 0.3 is 0 Å². The van der Waals surface area contributed by atoms with Gasteiger partial charge in [-0.05, 0) is 36.8 Å². The summed E-state index contributed by atoms with van der Waals surface area (Å²) in [7, 11) is 1.58. The Labute approximate surface area is 123 Å². The highest BCUT2D eigenvalue weighted by molar-refractivity contribution is 5.92. The van der Waals surface area contributed by atoms with Gasteiger partial charge < -0.3 is 15.2 Å². The van der Waals surface area contributed by atoms with Crippen LogP contribution in [0.1, 0.15) is 29.1 Å². The zero-order valence-electron chi connectivity index (χ0n) is 12.0. The van der Waals surface area contributed by atoms with E-state index in [4.69, 9.17) is 4.74 Å². The van der Waals surface area contributed by atoms with Crippen molar-refractivity contribution in [3.8, 4) is 5.75 Å². The Morgan fingerprint density at radius 3 is 2.52 bits per heavy atom. The lowest BCUT2D eigenvalue weighted by Gasteiger charge is -2.20. The van der Waals surface area contributed by atoms with Crippen LogP contribution in [0.2, 0.25) is 0 Å².